The summed E-state index contributed by atoms with van der Waals surface area (Å²) < 4.78 is 4.20. The second kappa shape index (κ2) is 1.35. The third kappa shape index (κ3) is 0.618. The molecule has 0 amide bonds. The predicted molar refractivity (Wildman–Crippen MR) is 21.2 cm³/mol. The smallest absolute Gasteiger partial charge is 0.343 e. The van der Waals surface area contributed by atoms with Crippen molar-refractivity contribution in [3.05, 3.63) is 12.3 Å². The van der Waals surface area contributed by atoms with E-state index in [1.165, 1.54) is 12.3 Å². The Bertz CT molecular complexity index is 116. The van der Waals surface area contributed by atoms with Gasteiger partial charge in [-0.1, -0.05) is 0 Å². The van der Waals surface area contributed by atoms with Crippen LogP contribution in [0.3, 0.4) is 0 Å². The van der Waals surface area contributed by atoms with Crippen molar-refractivity contribution in [2.75, 3.05) is 0 Å². The zero-order chi connectivity index (χ0) is 5.28. The molecule has 7 heavy (non-hydrogen) atoms. The second-order valence-electron chi connectivity index (χ2n) is 1.21. The predicted octanol–water partition coefficient (Wildman–Crippen LogP) is -0.582. The molecule has 0 bridgehead atoms. The molecule has 1 rings (SSSR count). The van der Waals surface area contributed by atoms with E-state index in [9.17, 15) is 4.79 Å². The maximum Gasteiger partial charge on any atom is 0.343 e. The van der Waals surface area contributed by atoms with E-state index < -0.39 is 12.1 Å². The summed E-state index contributed by atoms with van der Waals surface area (Å²) in [5.41, 5.74) is 0. The summed E-state index contributed by atoms with van der Waals surface area (Å²) in [6.07, 6.45) is 1.43. The molecule has 0 saturated heterocycles. The van der Waals surface area contributed by atoms with E-state index in [0.717, 1.165) is 0 Å². The van der Waals surface area contributed by atoms with Crippen molar-refractivity contribution in [2.45, 2.75) is 6.10 Å². The Balaban J connectivity index is 2.62. The maximum absolute atomic E-state index is 10.0. The van der Waals surface area contributed by atoms with Crippen molar-refractivity contribution >= 4 is 5.97 Å². The van der Waals surface area contributed by atoms with Crippen LogP contribution in [-0.2, 0) is 9.53 Å². The first-order valence-corrected chi connectivity index (χ1v) is 1.86. The molecule has 0 spiro atoms. The third-order valence-electron chi connectivity index (χ3n) is 0.687. The van der Waals surface area contributed by atoms with Gasteiger partial charge in [-0.05, 0) is 6.08 Å². The number of rotatable bonds is 0. The first kappa shape index (κ1) is 4.33. The normalized spacial score (nSPS) is 28.1. The van der Waals surface area contributed by atoms with Crippen LogP contribution in [0.5, 0.6) is 0 Å². The van der Waals surface area contributed by atoms with Gasteiger partial charge >= 0.3 is 5.97 Å². The van der Waals surface area contributed by atoms with E-state index in [2.05, 4.69) is 4.74 Å². The fraction of sp³-hybridized carbons (Fsp3) is 0.250. The molecule has 1 atom stereocenters. The molecule has 1 N–H and O–H groups in total. The van der Waals surface area contributed by atoms with Gasteiger partial charge < -0.3 is 9.84 Å². The summed E-state index contributed by atoms with van der Waals surface area (Å²) in [6.45, 7) is 0. The Morgan fingerprint density at radius 1 is 1.86 bits per heavy atom. The fourth-order valence-corrected chi connectivity index (χ4v) is 0.329. The molecule has 0 aromatic rings. The average molecular weight is 100 g/mol. The van der Waals surface area contributed by atoms with Gasteiger partial charge in [0.1, 0.15) is 0 Å². The molecule has 0 radical (unpaired) electrons. The first-order valence-electron chi connectivity index (χ1n) is 1.86. The number of esters is 1. The SMILES string of the molecule is O=C1OC=CC1O. The molecule has 0 aromatic carbocycles. The van der Waals surface area contributed by atoms with Gasteiger partial charge in [-0.25, -0.2) is 4.79 Å². The highest BCUT2D eigenvalue weighted by molar-refractivity contribution is 5.79. The van der Waals surface area contributed by atoms with Gasteiger partial charge in [0.25, 0.3) is 0 Å². The van der Waals surface area contributed by atoms with Crippen LogP contribution in [0.2, 0.25) is 0 Å². The molecular weight excluding hydrogens is 96.0 g/mol. The molecule has 38 valence electrons. The summed E-state index contributed by atoms with van der Waals surface area (Å²) in [4.78, 5) is 10.0. The second-order valence-corrected chi connectivity index (χ2v) is 1.21. The van der Waals surface area contributed by atoms with Gasteiger partial charge in [0.05, 0.1) is 6.26 Å². The molecule has 3 nitrogen and oxygen atoms in total. The zero-order valence-electron chi connectivity index (χ0n) is 3.50. The molecule has 1 unspecified atom stereocenters. The van der Waals surface area contributed by atoms with Crippen molar-refractivity contribution in [1.29, 1.82) is 0 Å². The van der Waals surface area contributed by atoms with Gasteiger partial charge in [-0.15, -0.1) is 0 Å². The minimum absolute atomic E-state index is 0.597. The van der Waals surface area contributed by atoms with Crippen molar-refractivity contribution in [3.8, 4) is 0 Å². The molecule has 0 aromatic heterocycles. The Morgan fingerprint density at radius 2 is 2.57 bits per heavy atom. The number of hydrogen-bond donors (Lipinski definition) is 1. The van der Waals surface area contributed by atoms with Crippen molar-refractivity contribution in [1.82, 2.24) is 0 Å². The molecule has 0 aliphatic carbocycles. The van der Waals surface area contributed by atoms with E-state index in [1.54, 1.807) is 0 Å². The van der Waals surface area contributed by atoms with Gasteiger partial charge in [0.2, 0.25) is 0 Å². The Morgan fingerprint density at radius 3 is 2.71 bits per heavy atom. The number of carbonyl (C=O) groups excluding carboxylic acids is 1. The topological polar surface area (TPSA) is 46.5 Å². The lowest BCUT2D eigenvalue weighted by molar-refractivity contribution is -0.142. The molecule has 1 aliphatic rings. The third-order valence-corrected chi connectivity index (χ3v) is 0.687. The Labute approximate surface area is 40.2 Å². The van der Waals surface area contributed by atoms with Crippen molar-refractivity contribution in [2.24, 2.45) is 0 Å². The highest BCUT2D eigenvalue weighted by Gasteiger charge is 2.16. The van der Waals surface area contributed by atoms with Crippen LogP contribution in [-0.4, -0.2) is 17.2 Å². The fourth-order valence-electron chi connectivity index (χ4n) is 0.329. The summed E-state index contributed by atoms with van der Waals surface area (Å²) in [5.74, 6) is -0.597. The highest BCUT2D eigenvalue weighted by Crippen LogP contribution is 1.98. The standard InChI is InChI=1S/C4H4O3/c5-3-1-2-7-4(3)6/h1-3,5H. The summed E-state index contributed by atoms with van der Waals surface area (Å²) in [7, 11) is 0. The summed E-state index contributed by atoms with van der Waals surface area (Å²) >= 11 is 0. The van der Waals surface area contributed by atoms with E-state index in [-0.39, 0.29) is 0 Å². The van der Waals surface area contributed by atoms with Crippen LogP contribution in [0.15, 0.2) is 12.3 Å². The maximum atomic E-state index is 10.0. The number of aliphatic hydroxyl groups is 1. The highest BCUT2D eigenvalue weighted by atomic mass is 16.5. The number of hydrogen-bond acceptors (Lipinski definition) is 3. The molecule has 0 fully saturated rings. The van der Waals surface area contributed by atoms with E-state index >= 15 is 0 Å². The minimum Gasteiger partial charge on any atom is -0.433 e. The van der Waals surface area contributed by atoms with Gasteiger partial charge in [-0.3, -0.25) is 0 Å². The van der Waals surface area contributed by atoms with Gasteiger partial charge in [0.15, 0.2) is 6.10 Å². The Kier molecular flexibility index (Phi) is 0.834. The van der Waals surface area contributed by atoms with Crippen LogP contribution in [0, 0.1) is 0 Å². The number of ether oxygens (including phenoxy) is 1. The lowest BCUT2D eigenvalue weighted by Crippen LogP contribution is -2.12. The van der Waals surface area contributed by atoms with Gasteiger partial charge in [-0.2, -0.15) is 0 Å². The van der Waals surface area contributed by atoms with E-state index in [1.807, 2.05) is 0 Å². The van der Waals surface area contributed by atoms with Crippen LogP contribution >= 0.6 is 0 Å². The molecular formula is C4H4O3. The molecule has 1 heterocycles. The van der Waals surface area contributed by atoms with E-state index in [4.69, 9.17) is 5.11 Å². The first-order chi connectivity index (χ1) is 3.30. The lowest BCUT2D eigenvalue weighted by Gasteiger charge is -1.88. The Hall–Kier alpha value is -0.830. The quantitative estimate of drug-likeness (QED) is 0.414. The van der Waals surface area contributed by atoms with Crippen LogP contribution in [0.25, 0.3) is 0 Å². The zero-order valence-corrected chi connectivity index (χ0v) is 3.50. The average Bonchev–Trinajstić information content (AvgIpc) is 1.91. The number of aliphatic hydroxyl groups excluding tert-OH is 1. The van der Waals surface area contributed by atoms with Crippen LogP contribution in [0.1, 0.15) is 0 Å². The minimum atomic E-state index is -1.03. The summed E-state index contributed by atoms with van der Waals surface area (Å²) in [6, 6.07) is 0. The monoisotopic (exact) mass is 100 g/mol. The van der Waals surface area contributed by atoms with Crippen LogP contribution in [0.4, 0.5) is 0 Å². The molecule has 0 saturated carbocycles. The number of carbonyl (C=O) groups is 1. The largest absolute Gasteiger partial charge is 0.433 e. The lowest BCUT2D eigenvalue weighted by atomic mass is 10.4. The van der Waals surface area contributed by atoms with Gasteiger partial charge in [0, 0.05) is 0 Å². The van der Waals surface area contributed by atoms with Crippen molar-refractivity contribution in [3.63, 3.8) is 0 Å². The van der Waals surface area contributed by atoms with Crippen LogP contribution < -0.4 is 0 Å². The molecule has 3 heteroatoms. The number of cyclic esters (lactones) is 1. The molecule has 1 aliphatic heterocycles. The summed E-state index contributed by atoms with van der Waals surface area (Å²) in [5, 5.41) is 8.44. The van der Waals surface area contributed by atoms with E-state index in [0.29, 0.717) is 0 Å². The van der Waals surface area contributed by atoms with Crippen molar-refractivity contribution < 1.29 is 14.6 Å².